The second-order valence-corrected chi connectivity index (χ2v) is 7.61. The minimum Gasteiger partial charge on any atom is -0.443 e. The molecule has 4 rings (SSSR count). The highest BCUT2D eigenvalue weighted by atomic mass is 32.2. The highest BCUT2D eigenvalue weighted by Crippen LogP contribution is 2.30. The summed E-state index contributed by atoms with van der Waals surface area (Å²) in [6.07, 6.45) is 6.03. The number of para-hydroxylation sites is 1. The Morgan fingerprint density at radius 2 is 2.19 bits per heavy atom. The number of nitrogens with zero attached hydrogens (tertiary/aromatic N) is 3. The molecule has 1 aliphatic rings. The topological polar surface area (TPSA) is 108 Å². The van der Waals surface area contributed by atoms with E-state index in [1.165, 1.54) is 37.4 Å². The molecule has 0 atom stereocenters. The van der Waals surface area contributed by atoms with Gasteiger partial charge in [-0.2, -0.15) is 5.26 Å². The average molecular weight is 381 g/mol. The lowest BCUT2D eigenvalue weighted by Gasteiger charge is -2.04. The van der Waals surface area contributed by atoms with Crippen LogP contribution in [0.25, 0.3) is 11.0 Å². The van der Waals surface area contributed by atoms with Crippen LogP contribution in [0.5, 0.6) is 0 Å². The molecule has 0 radical (unpaired) electrons. The van der Waals surface area contributed by atoms with E-state index in [0.29, 0.717) is 27.7 Å². The van der Waals surface area contributed by atoms with E-state index in [9.17, 15) is 10.1 Å². The Kier molecular flexibility index (Phi) is 5.12. The maximum absolute atomic E-state index is 12.3. The Labute approximate surface area is 160 Å². The van der Waals surface area contributed by atoms with Gasteiger partial charge < -0.3 is 9.73 Å². The molecule has 0 saturated heterocycles. The molecule has 7 nitrogen and oxygen atoms in total. The van der Waals surface area contributed by atoms with Gasteiger partial charge in [0.1, 0.15) is 23.2 Å². The standard InChI is InChI=1S/C19H19N5O2S/c20-10-15-18(13-7-3-4-8-14(13)26-15)22-17(25)11-27-19-21-16(23-24-19)9-12-5-1-2-6-12/h3-4,7-8,12H,1-2,5-6,9,11H2,(H,22,25)(H,21,23,24). The van der Waals surface area contributed by atoms with E-state index in [-0.39, 0.29) is 17.4 Å². The van der Waals surface area contributed by atoms with Crippen molar-refractivity contribution in [3.05, 3.63) is 35.9 Å². The Balaban J connectivity index is 1.36. The number of rotatable bonds is 6. The third kappa shape index (κ3) is 3.98. The van der Waals surface area contributed by atoms with Crippen LogP contribution < -0.4 is 5.32 Å². The fourth-order valence-corrected chi connectivity index (χ4v) is 4.09. The zero-order valence-electron chi connectivity index (χ0n) is 14.7. The molecular weight excluding hydrogens is 362 g/mol. The van der Waals surface area contributed by atoms with Crippen LogP contribution in [0.15, 0.2) is 33.8 Å². The van der Waals surface area contributed by atoms with Crippen molar-refractivity contribution in [3.63, 3.8) is 0 Å². The van der Waals surface area contributed by atoms with Crippen molar-refractivity contribution >= 4 is 34.3 Å². The zero-order valence-corrected chi connectivity index (χ0v) is 15.5. The summed E-state index contributed by atoms with van der Waals surface area (Å²) in [6, 6.07) is 9.22. The van der Waals surface area contributed by atoms with Crippen LogP contribution in [-0.4, -0.2) is 26.8 Å². The zero-order chi connectivity index (χ0) is 18.6. The van der Waals surface area contributed by atoms with Crippen LogP contribution in [0.1, 0.15) is 37.3 Å². The van der Waals surface area contributed by atoms with E-state index in [1.807, 2.05) is 24.3 Å². The highest BCUT2D eigenvalue weighted by molar-refractivity contribution is 7.99. The summed E-state index contributed by atoms with van der Waals surface area (Å²) < 4.78 is 5.47. The number of aromatic nitrogens is 3. The third-order valence-corrected chi connectivity index (χ3v) is 5.61. The number of benzene rings is 1. The third-order valence-electron chi connectivity index (χ3n) is 4.76. The van der Waals surface area contributed by atoms with Gasteiger partial charge in [-0.1, -0.05) is 49.6 Å². The van der Waals surface area contributed by atoms with Crippen LogP contribution in [0, 0.1) is 17.2 Å². The second kappa shape index (κ2) is 7.84. The molecule has 3 aromatic rings. The van der Waals surface area contributed by atoms with Gasteiger partial charge in [-0.25, -0.2) is 4.98 Å². The molecule has 2 aromatic heterocycles. The average Bonchev–Trinajstić information content (AvgIpc) is 3.41. The fourth-order valence-electron chi connectivity index (χ4n) is 3.48. The van der Waals surface area contributed by atoms with Crippen LogP contribution >= 0.6 is 11.8 Å². The van der Waals surface area contributed by atoms with Crippen molar-refractivity contribution in [2.45, 2.75) is 37.3 Å². The molecule has 2 heterocycles. The molecule has 0 unspecified atom stereocenters. The van der Waals surface area contributed by atoms with Gasteiger partial charge in [-0.3, -0.25) is 9.89 Å². The second-order valence-electron chi connectivity index (χ2n) is 6.67. The summed E-state index contributed by atoms with van der Waals surface area (Å²) >= 11 is 1.27. The van der Waals surface area contributed by atoms with Gasteiger partial charge in [0.05, 0.1) is 5.75 Å². The van der Waals surface area contributed by atoms with Gasteiger partial charge >= 0.3 is 0 Å². The first-order chi connectivity index (χ1) is 13.2. The largest absolute Gasteiger partial charge is 0.443 e. The SMILES string of the molecule is N#Cc1oc2ccccc2c1NC(=O)CSc1n[nH]c(CC2CCCC2)n1. The number of carbonyl (C=O) groups excluding carboxylic acids is 1. The molecule has 0 spiro atoms. The Morgan fingerprint density at radius 1 is 1.37 bits per heavy atom. The van der Waals surface area contributed by atoms with Crippen molar-refractivity contribution in [2.75, 3.05) is 11.1 Å². The van der Waals surface area contributed by atoms with Gasteiger partial charge in [-0.15, -0.1) is 5.10 Å². The van der Waals surface area contributed by atoms with Crippen molar-refractivity contribution in [2.24, 2.45) is 5.92 Å². The normalized spacial score (nSPS) is 14.5. The molecule has 1 fully saturated rings. The lowest BCUT2D eigenvalue weighted by atomic mass is 10.0. The molecule has 27 heavy (non-hydrogen) atoms. The summed E-state index contributed by atoms with van der Waals surface area (Å²) in [6.45, 7) is 0. The summed E-state index contributed by atoms with van der Waals surface area (Å²) in [5, 5.41) is 20.5. The number of anilines is 1. The van der Waals surface area contributed by atoms with Crippen molar-refractivity contribution in [1.82, 2.24) is 15.2 Å². The molecule has 138 valence electrons. The van der Waals surface area contributed by atoms with Crippen LogP contribution in [0.3, 0.4) is 0 Å². The van der Waals surface area contributed by atoms with Gasteiger partial charge in [0.2, 0.25) is 16.8 Å². The molecular formula is C19H19N5O2S. The van der Waals surface area contributed by atoms with Gasteiger partial charge in [-0.05, 0) is 18.1 Å². The number of thioether (sulfide) groups is 1. The maximum Gasteiger partial charge on any atom is 0.234 e. The van der Waals surface area contributed by atoms with Gasteiger partial charge in [0.15, 0.2) is 0 Å². The Hall–Kier alpha value is -2.79. The number of furan rings is 1. The molecule has 1 saturated carbocycles. The lowest BCUT2D eigenvalue weighted by Crippen LogP contribution is -2.14. The number of carbonyl (C=O) groups is 1. The molecule has 1 amide bonds. The minimum atomic E-state index is -0.231. The number of nitriles is 1. The first-order valence-corrected chi connectivity index (χ1v) is 9.97. The number of aromatic amines is 1. The van der Waals surface area contributed by atoms with E-state index in [1.54, 1.807) is 6.07 Å². The molecule has 8 heteroatoms. The number of hydrogen-bond acceptors (Lipinski definition) is 6. The number of nitrogens with one attached hydrogen (secondary N) is 2. The summed E-state index contributed by atoms with van der Waals surface area (Å²) in [4.78, 5) is 16.8. The van der Waals surface area contributed by atoms with E-state index in [4.69, 9.17) is 4.42 Å². The molecule has 0 aliphatic heterocycles. The first kappa shape index (κ1) is 17.6. The number of hydrogen-bond donors (Lipinski definition) is 2. The Morgan fingerprint density at radius 3 is 3.00 bits per heavy atom. The molecule has 1 aromatic carbocycles. The number of amides is 1. The van der Waals surface area contributed by atoms with E-state index >= 15 is 0 Å². The molecule has 1 aliphatic carbocycles. The van der Waals surface area contributed by atoms with Gasteiger partial charge in [0, 0.05) is 11.8 Å². The number of fused-ring (bicyclic) bond motifs is 1. The lowest BCUT2D eigenvalue weighted by molar-refractivity contribution is -0.113. The van der Waals surface area contributed by atoms with Gasteiger partial charge in [0.25, 0.3) is 0 Å². The smallest absolute Gasteiger partial charge is 0.234 e. The fraction of sp³-hybridized carbons (Fsp3) is 0.368. The summed E-state index contributed by atoms with van der Waals surface area (Å²) in [5.74, 6) is 1.61. The predicted octanol–water partition coefficient (Wildman–Crippen LogP) is 3.89. The van der Waals surface area contributed by atoms with Crippen LogP contribution in [0.2, 0.25) is 0 Å². The van der Waals surface area contributed by atoms with Crippen molar-refractivity contribution < 1.29 is 9.21 Å². The summed E-state index contributed by atoms with van der Waals surface area (Å²) in [7, 11) is 0. The predicted molar refractivity (Wildman–Crippen MR) is 102 cm³/mol. The van der Waals surface area contributed by atoms with Crippen molar-refractivity contribution in [1.29, 1.82) is 5.26 Å². The molecule has 2 N–H and O–H groups in total. The van der Waals surface area contributed by atoms with E-state index in [0.717, 1.165) is 12.2 Å². The maximum atomic E-state index is 12.3. The minimum absolute atomic E-state index is 0.103. The Bertz CT molecular complexity index is 997. The van der Waals surface area contributed by atoms with E-state index in [2.05, 4.69) is 20.5 Å². The quantitative estimate of drug-likeness (QED) is 0.627. The van der Waals surface area contributed by atoms with E-state index < -0.39 is 0 Å². The number of H-pyrrole nitrogens is 1. The monoisotopic (exact) mass is 381 g/mol. The first-order valence-electron chi connectivity index (χ1n) is 8.98. The van der Waals surface area contributed by atoms with Crippen LogP contribution in [-0.2, 0) is 11.2 Å². The summed E-state index contributed by atoms with van der Waals surface area (Å²) in [5.41, 5.74) is 0.984. The van der Waals surface area contributed by atoms with Crippen molar-refractivity contribution in [3.8, 4) is 6.07 Å². The highest BCUT2D eigenvalue weighted by Gasteiger charge is 2.19. The molecule has 0 bridgehead atoms. The van der Waals surface area contributed by atoms with Crippen LogP contribution in [0.4, 0.5) is 5.69 Å².